The van der Waals surface area contributed by atoms with Crippen LogP contribution in [0.1, 0.15) is 47.5 Å². The van der Waals surface area contributed by atoms with Crippen LogP contribution in [0.25, 0.3) is 0 Å². The minimum atomic E-state index is 0.268. The highest BCUT2D eigenvalue weighted by atomic mass is 16.3. The topological polar surface area (TPSA) is 23.5 Å². The van der Waals surface area contributed by atoms with Crippen LogP contribution in [0.3, 0.4) is 0 Å². The summed E-state index contributed by atoms with van der Waals surface area (Å²) in [4.78, 5) is 2.55. The van der Waals surface area contributed by atoms with E-state index in [1.165, 1.54) is 13.0 Å². The lowest BCUT2D eigenvalue weighted by molar-refractivity contribution is -0.00108. The second-order valence-corrected chi connectivity index (χ2v) is 6.56. The van der Waals surface area contributed by atoms with Gasteiger partial charge in [0.25, 0.3) is 0 Å². The number of rotatable bonds is 2. The molecule has 1 aliphatic rings. The van der Waals surface area contributed by atoms with Gasteiger partial charge in [0.15, 0.2) is 0 Å². The van der Waals surface area contributed by atoms with E-state index in [1.807, 2.05) is 0 Å². The Hall–Kier alpha value is -0.0800. The van der Waals surface area contributed by atoms with E-state index >= 15 is 0 Å². The summed E-state index contributed by atoms with van der Waals surface area (Å²) in [6.07, 6.45) is 2.19. The van der Waals surface area contributed by atoms with Crippen molar-refractivity contribution in [3.63, 3.8) is 0 Å². The fourth-order valence-corrected chi connectivity index (χ4v) is 2.48. The van der Waals surface area contributed by atoms with Gasteiger partial charge in [0, 0.05) is 18.7 Å². The van der Waals surface area contributed by atoms with Gasteiger partial charge in [-0.1, -0.05) is 13.8 Å². The monoisotopic (exact) mass is 213 g/mol. The molecular weight excluding hydrogens is 186 g/mol. The average Bonchev–Trinajstić information content (AvgIpc) is 2.06. The Labute approximate surface area is 94.7 Å². The van der Waals surface area contributed by atoms with Gasteiger partial charge in [0.05, 0.1) is 0 Å². The third-order valence-corrected chi connectivity index (χ3v) is 4.00. The van der Waals surface area contributed by atoms with Gasteiger partial charge in [-0.25, -0.2) is 0 Å². The quantitative estimate of drug-likeness (QED) is 0.762. The van der Waals surface area contributed by atoms with E-state index in [2.05, 4.69) is 39.5 Å². The molecule has 0 aromatic rings. The van der Waals surface area contributed by atoms with Crippen LogP contribution in [0.4, 0.5) is 0 Å². The van der Waals surface area contributed by atoms with Crippen molar-refractivity contribution in [1.29, 1.82) is 0 Å². The molecule has 1 heterocycles. The third kappa shape index (κ3) is 3.18. The summed E-state index contributed by atoms with van der Waals surface area (Å²) in [5, 5.41) is 9.12. The SMILES string of the molecule is CC1(C)CCN(C(C)(C)C)CC1CCO. The fourth-order valence-electron chi connectivity index (χ4n) is 2.48. The van der Waals surface area contributed by atoms with Crippen molar-refractivity contribution in [3.8, 4) is 0 Å². The van der Waals surface area contributed by atoms with Crippen LogP contribution < -0.4 is 0 Å². The van der Waals surface area contributed by atoms with E-state index in [9.17, 15) is 0 Å². The summed E-state index contributed by atoms with van der Waals surface area (Å²) in [5.74, 6) is 0.635. The van der Waals surface area contributed by atoms with E-state index in [0.717, 1.165) is 13.0 Å². The molecule has 2 nitrogen and oxygen atoms in total. The first-order valence-electron chi connectivity index (χ1n) is 6.13. The highest BCUT2D eigenvalue weighted by Crippen LogP contribution is 2.39. The van der Waals surface area contributed by atoms with Crippen LogP contribution in [-0.4, -0.2) is 35.2 Å². The van der Waals surface area contributed by atoms with Crippen molar-refractivity contribution in [2.45, 2.75) is 53.0 Å². The van der Waals surface area contributed by atoms with Crippen molar-refractivity contribution < 1.29 is 5.11 Å². The standard InChI is InChI=1S/C13H27NO/c1-12(2,3)14-8-7-13(4,5)11(10-14)6-9-15/h11,15H,6-10H2,1-5H3. The molecule has 0 amide bonds. The van der Waals surface area contributed by atoms with E-state index in [1.54, 1.807) is 0 Å². The van der Waals surface area contributed by atoms with Crippen molar-refractivity contribution in [1.82, 2.24) is 4.90 Å². The van der Waals surface area contributed by atoms with Gasteiger partial charge < -0.3 is 5.11 Å². The molecule has 1 rings (SSSR count). The number of aliphatic hydroxyl groups excluding tert-OH is 1. The number of likely N-dealkylation sites (tertiary alicyclic amines) is 1. The molecule has 0 radical (unpaired) electrons. The highest BCUT2D eigenvalue weighted by molar-refractivity contribution is 4.90. The lowest BCUT2D eigenvalue weighted by Crippen LogP contribution is -2.52. The molecule has 1 atom stereocenters. The second-order valence-electron chi connectivity index (χ2n) is 6.56. The highest BCUT2D eigenvalue weighted by Gasteiger charge is 2.37. The lowest BCUT2D eigenvalue weighted by Gasteiger charge is -2.48. The zero-order chi connectivity index (χ0) is 11.7. The van der Waals surface area contributed by atoms with Gasteiger partial charge in [-0.3, -0.25) is 4.90 Å². The number of piperidine rings is 1. The summed E-state index contributed by atoms with van der Waals surface area (Å²) >= 11 is 0. The first-order valence-corrected chi connectivity index (χ1v) is 6.13. The number of nitrogens with zero attached hydrogens (tertiary/aromatic N) is 1. The number of hydrogen-bond acceptors (Lipinski definition) is 2. The molecule has 90 valence electrons. The molecule has 0 aromatic heterocycles. The minimum absolute atomic E-state index is 0.268. The fraction of sp³-hybridized carbons (Fsp3) is 1.00. The van der Waals surface area contributed by atoms with Crippen LogP contribution in [-0.2, 0) is 0 Å². The molecular formula is C13H27NO. The van der Waals surface area contributed by atoms with Crippen LogP contribution in [0.15, 0.2) is 0 Å². The predicted octanol–water partition coefficient (Wildman–Crippen LogP) is 2.52. The normalized spacial score (nSPS) is 28.0. The molecule has 1 unspecified atom stereocenters. The predicted molar refractivity (Wildman–Crippen MR) is 64.9 cm³/mol. The summed E-state index contributed by atoms with van der Waals surface area (Å²) in [7, 11) is 0. The van der Waals surface area contributed by atoms with Gasteiger partial charge >= 0.3 is 0 Å². The maximum atomic E-state index is 9.12. The van der Waals surface area contributed by atoms with Crippen LogP contribution in [0, 0.1) is 11.3 Å². The Morgan fingerprint density at radius 3 is 2.40 bits per heavy atom. The van der Waals surface area contributed by atoms with Crippen molar-refractivity contribution in [2.75, 3.05) is 19.7 Å². The average molecular weight is 213 g/mol. The molecule has 0 aromatic carbocycles. The molecule has 1 fully saturated rings. The van der Waals surface area contributed by atoms with Crippen LogP contribution in [0.5, 0.6) is 0 Å². The lowest BCUT2D eigenvalue weighted by atomic mass is 9.71. The molecule has 1 saturated heterocycles. The van der Waals surface area contributed by atoms with Crippen LogP contribution >= 0.6 is 0 Å². The van der Waals surface area contributed by atoms with E-state index in [0.29, 0.717) is 17.9 Å². The maximum Gasteiger partial charge on any atom is 0.0434 e. The molecule has 2 heteroatoms. The molecule has 15 heavy (non-hydrogen) atoms. The summed E-state index contributed by atoms with van der Waals surface area (Å²) < 4.78 is 0. The Balaban J connectivity index is 2.66. The summed E-state index contributed by atoms with van der Waals surface area (Å²) in [6.45, 7) is 14.2. The van der Waals surface area contributed by atoms with Crippen molar-refractivity contribution in [2.24, 2.45) is 11.3 Å². The molecule has 0 saturated carbocycles. The maximum absolute atomic E-state index is 9.12. The molecule has 0 spiro atoms. The summed E-state index contributed by atoms with van der Waals surface area (Å²) in [5.41, 5.74) is 0.661. The van der Waals surface area contributed by atoms with Crippen molar-refractivity contribution in [3.05, 3.63) is 0 Å². The molecule has 1 aliphatic heterocycles. The molecule has 1 N–H and O–H groups in total. The van der Waals surface area contributed by atoms with Gasteiger partial charge in [0.2, 0.25) is 0 Å². The van der Waals surface area contributed by atoms with E-state index in [-0.39, 0.29) is 5.54 Å². The number of aliphatic hydroxyl groups is 1. The Bertz CT molecular complexity index is 205. The Kier molecular flexibility index (Phi) is 3.83. The molecule has 0 bridgehead atoms. The first-order chi connectivity index (χ1) is 6.77. The molecule has 0 aliphatic carbocycles. The minimum Gasteiger partial charge on any atom is -0.396 e. The number of hydrogen-bond donors (Lipinski definition) is 1. The van der Waals surface area contributed by atoms with Gasteiger partial charge in [0.1, 0.15) is 0 Å². The zero-order valence-electron chi connectivity index (χ0n) is 11.0. The van der Waals surface area contributed by atoms with Gasteiger partial charge in [-0.05, 0) is 51.5 Å². The Morgan fingerprint density at radius 2 is 1.93 bits per heavy atom. The van der Waals surface area contributed by atoms with E-state index in [4.69, 9.17) is 5.11 Å². The second kappa shape index (κ2) is 4.42. The van der Waals surface area contributed by atoms with E-state index < -0.39 is 0 Å². The first kappa shape index (κ1) is 13.0. The van der Waals surface area contributed by atoms with Crippen molar-refractivity contribution >= 4 is 0 Å². The largest absolute Gasteiger partial charge is 0.396 e. The Morgan fingerprint density at radius 1 is 1.33 bits per heavy atom. The summed E-state index contributed by atoms with van der Waals surface area (Å²) in [6, 6.07) is 0. The van der Waals surface area contributed by atoms with Gasteiger partial charge in [-0.15, -0.1) is 0 Å². The smallest absolute Gasteiger partial charge is 0.0434 e. The van der Waals surface area contributed by atoms with Gasteiger partial charge in [-0.2, -0.15) is 0 Å². The van der Waals surface area contributed by atoms with Crippen LogP contribution in [0.2, 0.25) is 0 Å². The third-order valence-electron chi connectivity index (χ3n) is 4.00. The zero-order valence-corrected chi connectivity index (χ0v) is 11.0.